The van der Waals surface area contributed by atoms with Crippen molar-refractivity contribution in [2.24, 2.45) is 0 Å². The minimum atomic E-state index is -3.74. The highest BCUT2D eigenvalue weighted by atomic mass is 35.5. The van der Waals surface area contributed by atoms with Crippen LogP contribution in [0.3, 0.4) is 0 Å². The fraction of sp³-hybridized carbons (Fsp3) is 1.00. The van der Waals surface area contributed by atoms with Crippen molar-refractivity contribution in [1.82, 2.24) is 0 Å². The van der Waals surface area contributed by atoms with Crippen molar-refractivity contribution in [3.63, 3.8) is 0 Å². The van der Waals surface area contributed by atoms with E-state index < -0.39 is 10.1 Å². The number of unbranched alkanes of at least 4 members (excludes halogenated alkanes) is 11. The Morgan fingerprint density at radius 3 is 1.32 bits per heavy atom. The molecule has 0 radical (unpaired) electrons. The van der Waals surface area contributed by atoms with Gasteiger partial charge in [-0.15, -0.1) is 12.4 Å². The van der Waals surface area contributed by atoms with Gasteiger partial charge >= 0.3 is 0 Å². The lowest BCUT2D eigenvalue weighted by Gasteiger charge is -2.02. The van der Waals surface area contributed by atoms with Crippen LogP contribution in [0.15, 0.2) is 0 Å². The highest BCUT2D eigenvalue weighted by molar-refractivity contribution is 7.85. The van der Waals surface area contributed by atoms with E-state index in [-0.39, 0.29) is 18.2 Å². The quantitative estimate of drug-likeness (QED) is 0.384. The van der Waals surface area contributed by atoms with Crippen LogP contribution >= 0.6 is 12.4 Å². The van der Waals surface area contributed by atoms with Crippen molar-refractivity contribution in [3.05, 3.63) is 0 Å². The molecule has 0 saturated heterocycles. The van der Waals surface area contributed by atoms with Gasteiger partial charge in [-0.2, -0.15) is 8.42 Å². The Morgan fingerprint density at radius 2 is 1.00 bits per heavy atom. The molecule has 0 aliphatic heterocycles. The summed E-state index contributed by atoms with van der Waals surface area (Å²) in [6.07, 6.45) is 14.5. The first-order valence-electron chi connectivity index (χ1n) is 7.51. The third kappa shape index (κ3) is 20.7. The lowest BCUT2D eigenvalue weighted by Crippen LogP contribution is -2.03. The van der Waals surface area contributed by atoms with E-state index in [0.29, 0.717) is 6.42 Å². The van der Waals surface area contributed by atoms with E-state index in [1.807, 2.05) is 0 Å². The van der Waals surface area contributed by atoms with Gasteiger partial charge in [0.25, 0.3) is 10.1 Å². The first-order chi connectivity index (χ1) is 8.56. The van der Waals surface area contributed by atoms with Crippen LogP contribution in [0, 0.1) is 0 Å². The molecule has 0 aliphatic carbocycles. The topological polar surface area (TPSA) is 54.4 Å². The van der Waals surface area contributed by atoms with Gasteiger partial charge in [-0.1, -0.05) is 77.6 Å². The largest absolute Gasteiger partial charge is 0.286 e. The average Bonchev–Trinajstić information content (AvgIpc) is 2.29. The molecule has 0 aromatic heterocycles. The summed E-state index contributed by atoms with van der Waals surface area (Å²) in [6.45, 7) is 2.24. The standard InChI is InChI=1S/C14H30O3S.ClH/c1-2-3-4-5-6-7-8-9-10-11-12-13-14-18(15,16)17;/h2-14H2,1H3,(H,15,16,17);1H. The van der Waals surface area contributed by atoms with Crippen molar-refractivity contribution in [3.8, 4) is 0 Å². The smallest absolute Gasteiger partial charge is 0.264 e. The molecule has 0 aliphatic rings. The second-order valence-electron chi connectivity index (χ2n) is 5.18. The Balaban J connectivity index is 0. The SMILES string of the molecule is CCCCCCCCCCCCCCS(=O)(=O)O.Cl. The highest BCUT2D eigenvalue weighted by Gasteiger charge is 2.02. The van der Waals surface area contributed by atoms with Gasteiger partial charge in [0.2, 0.25) is 0 Å². The van der Waals surface area contributed by atoms with E-state index in [1.54, 1.807) is 0 Å². The number of rotatable bonds is 13. The maximum absolute atomic E-state index is 10.5. The van der Waals surface area contributed by atoms with Gasteiger partial charge in [-0.05, 0) is 6.42 Å². The zero-order valence-corrected chi connectivity index (χ0v) is 13.9. The maximum Gasteiger partial charge on any atom is 0.264 e. The second kappa shape index (κ2) is 14.6. The van der Waals surface area contributed by atoms with E-state index in [1.165, 1.54) is 57.8 Å². The first-order valence-corrected chi connectivity index (χ1v) is 9.12. The normalized spacial score (nSPS) is 11.3. The summed E-state index contributed by atoms with van der Waals surface area (Å²) >= 11 is 0. The maximum atomic E-state index is 10.5. The molecule has 0 rings (SSSR count). The van der Waals surface area contributed by atoms with Crippen molar-refractivity contribution < 1.29 is 13.0 Å². The summed E-state index contributed by atoms with van der Waals surface area (Å²) < 4.78 is 29.5. The van der Waals surface area contributed by atoms with E-state index in [9.17, 15) is 8.42 Å². The molecule has 118 valence electrons. The molecule has 0 heterocycles. The Labute approximate surface area is 125 Å². The fourth-order valence-electron chi connectivity index (χ4n) is 2.13. The van der Waals surface area contributed by atoms with Gasteiger partial charge in [-0.25, -0.2) is 0 Å². The van der Waals surface area contributed by atoms with Crippen LogP contribution in [-0.2, 0) is 10.1 Å². The molecule has 0 fully saturated rings. The monoisotopic (exact) mass is 314 g/mol. The van der Waals surface area contributed by atoms with Crippen LogP contribution < -0.4 is 0 Å². The third-order valence-corrected chi connectivity index (χ3v) is 4.06. The third-order valence-electron chi connectivity index (χ3n) is 3.26. The van der Waals surface area contributed by atoms with Gasteiger partial charge in [0.1, 0.15) is 0 Å². The number of halogens is 1. The summed E-state index contributed by atoms with van der Waals surface area (Å²) in [5.41, 5.74) is 0. The number of hydrogen-bond acceptors (Lipinski definition) is 2. The number of hydrogen-bond donors (Lipinski definition) is 1. The summed E-state index contributed by atoms with van der Waals surface area (Å²) in [7, 11) is -3.74. The van der Waals surface area contributed by atoms with E-state index in [4.69, 9.17) is 4.55 Å². The summed E-state index contributed by atoms with van der Waals surface area (Å²) in [4.78, 5) is 0. The van der Waals surface area contributed by atoms with Crippen LogP contribution in [0.4, 0.5) is 0 Å². The Hall–Kier alpha value is 0.200. The van der Waals surface area contributed by atoms with Crippen molar-refractivity contribution in [2.45, 2.75) is 84.0 Å². The van der Waals surface area contributed by atoms with Gasteiger partial charge in [0, 0.05) is 0 Å². The van der Waals surface area contributed by atoms with E-state index in [2.05, 4.69) is 6.92 Å². The molecule has 0 atom stereocenters. The summed E-state index contributed by atoms with van der Waals surface area (Å²) in [6, 6.07) is 0. The lowest BCUT2D eigenvalue weighted by atomic mass is 10.1. The molecule has 5 heteroatoms. The van der Waals surface area contributed by atoms with Crippen molar-refractivity contribution in [2.75, 3.05) is 5.75 Å². The minimum absolute atomic E-state index is 0. The van der Waals surface area contributed by atoms with Crippen LogP contribution in [0.25, 0.3) is 0 Å². The fourth-order valence-corrected chi connectivity index (χ4v) is 2.69. The minimum Gasteiger partial charge on any atom is -0.286 e. The van der Waals surface area contributed by atoms with Gasteiger partial charge in [0.15, 0.2) is 0 Å². The molecular weight excluding hydrogens is 284 g/mol. The van der Waals surface area contributed by atoms with Crippen LogP contribution in [0.5, 0.6) is 0 Å². The zero-order chi connectivity index (χ0) is 13.7. The molecule has 0 aromatic rings. The summed E-state index contributed by atoms with van der Waals surface area (Å²) in [5, 5.41) is 0. The van der Waals surface area contributed by atoms with Gasteiger partial charge < -0.3 is 0 Å². The lowest BCUT2D eigenvalue weighted by molar-refractivity contribution is 0.478. The van der Waals surface area contributed by atoms with E-state index >= 15 is 0 Å². The molecule has 0 bridgehead atoms. The molecule has 1 N–H and O–H groups in total. The van der Waals surface area contributed by atoms with Crippen LogP contribution in [0.2, 0.25) is 0 Å². The van der Waals surface area contributed by atoms with Crippen LogP contribution in [-0.4, -0.2) is 18.7 Å². The highest BCUT2D eigenvalue weighted by Crippen LogP contribution is 2.12. The summed E-state index contributed by atoms with van der Waals surface area (Å²) in [5.74, 6) is -0.0789. The zero-order valence-electron chi connectivity index (χ0n) is 12.3. The average molecular weight is 315 g/mol. The molecule has 0 spiro atoms. The predicted octanol–water partition coefficient (Wildman–Crippen LogP) is 5.00. The Kier molecular flexibility index (Phi) is 16.5. The van der Waals surface area contributed by atoms with Crippen molar-refractivity contribution >= 4 is 22.5 Å². The molecular formula is C14H31ClO3S. The van der Waals surface area contributed by atoms with Crippen LogP contribution in [0.1, 0.15) is 84.0 Å². The Bertz CT molecular complexity index is 266. The van der Waals surface area contributed by atoms with Gasteiger partial charge in [0.05, 0.1) is 5.75 Å². The predicted molar refractivity (Wildman–Crippen MR) is 84.7 cm³/mol. The molecule has 0 unspecified atom stereocenters. The first kappa shape index (κ1) is 21.5. The Morgan fingerprint density at radius 1 is 0.684 bits per heavy atom. The molecule has 3 nitrogen and oxygen atoms in total. The molecule has 0 saturated carbocycles. The van der Waals surface area contributed by atoms with E-state index in [0.717, 1.165) is 12.8 Å². The van der Waals surface area contributed by atoms with Gasteiger partial charge in [-0.3, -0.25) is 4.55 Å². The van der Waals surface area contributed by atoms with Crippen molar-refractivity contribution in [1.29, 1.82) is 0 Å². The second-order valence-corrected chi connectivity index (χ2v) is 6.75. The molecule has 0 aromatic carbocycles. The molecule has 0 amide bonds. The molecule has 19 heavy (non-hydrogen) atoms.